The molecule has 1 aromatic rings. The number of cyclic esters (lactones) is 1. The van der Waals surface area contributed by atoms with Crippen LogP contribution in [0.3, 0.4) is 0 Å². The van der Waals surface area contributed by atoms with Gasteiger partial charge in [-0.15, -0.1) is 0 Å². The van der Waals surface area contributed by atoms with Crippen LogP contribution >= 0.6 is 0 Å². The number of hydrogen-bond acceptors (Lipinski definition) is 6. The van der Waals surface area contributed by atoms with E-state index in [1.54, 1.807) is 6.92 Å². The Bertz CT molecular complexity index is 579. The van der Waals surface area contributed by atoms with Gasteiger partial charge < -0.3 is 18.9 Å². The maximum absolute atomic E-state index is 12.5. The third kappa shape index (κ3) is 5.04. The SMILES string of the molecule is CCOC(C)OC1C(=O)OC(OC(C)(C)C)=NC1c1ccccc1. The second-order valence-corrected chi connectivity index (χ2v) is 6.47. The molecule has 1 aliphatic heterocycles. The summed E-state index contributed by atoms with van der Waals surface area (Å²) < 4.78 is 21.9. The highest BCUT2D eigenvalue weighted by atomic mass is 16.7. The van der Waals surface area contributed by atoms with Gasteiger partial charge in [-0.3, -0.25) is 0 Å². The normalized spacial score (nSPS) is 22.5. The van der Waals surface area contributed by atoms with E-state index < -0.39 is 30.0 Å². The van der Waals surface area contributed by atoms with Crippen LogP contribution in [0.2, 0.25) is 0 Å². The smallest absolute Gasteiger partial charge is 0.392 e. The van der Waals surface area contributed by atoms with Gasteiger partial charge in [-0.1, -0.05) is 30.3 Å². The molecule has 1 aromatic carbocycles. The predicted octanol–water partition coefficient (Wildman–Crippen LogP) is 3.22. The summed E-state index contributed by atoms with van der Waals surface area (Å²) in [5.74, 6) is -0.537. The third-order valence-corrected chi connectivity index (χ3v) is 3.23. The summed E-state index contributed by atoms with van der Waals surface area (Å²) in [7, 11) is 0. The fourth-order valence-electron chi connectivity index (χ4n) is 2.30. The molecule has 6 nitrogen and oxygen atoms in total. The lowest BCUT2D eigenvalue weighted by atomic mass is 10.0. The number of nitrogens with zero attached hydrogens (tertiary/aromatic N) is 1. The fourth-order valence-corrected chi connectivity index (χ4v) is 2.30. The van der Waals surface area contributed by atoms with E-state index in [9.17, 15) is 4.79 Å². The van der Waals surface area contributed by atoms with Crippen LogP contribution in [0, 0.1) is 0 Å². The quantitative estimate of drug-likeness (QED) is 0.610. The van der Waals surface area contributed by atoms with Crippen LogP contribution < -0.4 is 0 Å². The first-order valence-corrected chi connectivity index (χ1v) is 8.10. The lowest BCUT2D eigenvalue weighted by Gasteiger charge is -2.31. The van der Waals surface area contributed by atoms with Crippen LogP contribution in [0.4, 0.5) is 0 Å². The van der Waals surface area contributed by atoms with E-state index in [-0.39, 0.29) is 6.08 Å². The Balaban J connectivity index is 2.30. The average molecular weight is 335 g/mol. The van der Waals surface area contributed by atoms with Crippen molar-refractivity contribution in [1.82, 2.24) is 0 Å². The fraction of sp³-hybridized carbons (Fsp3) is 0.556. The van der Waals surface area contributed by atoms with Gasteiger partial charge in [-0.2, -0.15) is 0 Å². The number of hydrogen-bond donors (Lipinski definition) is 0. The molecular weight excluding hydrogens is 310 g/mol. The van der Waals surface area contributed by atoms with Gasteiger partial charge in [-0.05, 0) is 40.2 Å². The van der Waals surface area contributed by atoms with Crippen molar-refractivity contribution in [1.29, 1.82) is 0 Å². The van der Waals surface area contributed by atoms with Crippen LogP contribution in [-0.2, 0) is 23.7 Å². The zero-order valence-electron chi connectivity index (χ0n) is 14.8. The largest absolute Gasteiger partial charge is 0.445 e. The first kappa shape index (κ1) is 18.4. The molecule has 1 heterocycles. The molecule has 1 aliphatic rings. The number of ether oxygens (including phenoxy) is 4. The minimum Gasteiger partial charge on any atom is -0.445 e. The van der Waals surface area contributed by atoms with Crippen molar-refractivity contribution in [3.63, 3.8) is 0 Å². The Labute approximate surface area is 142 Å². The lowest BCUT2D eigenvalue weighted by molar-refractivity contribution is -0.190. The van der Waals surface area contributed by atoms with Gasteiger partial charge in [0.2, 0.25) is 0 Å². The van der Waals surface area contributed by atoms with E-state index in [1.807, 2.05) is 58.0 Å². The molecule has 2 rings (SSSR count). The molecule has 0 N–H and O–H groups in total. The predicted molar refractivity (Wildman–Crippen MR) is 89.5 cm³/mol. The van der Waals surface area contributed by atoms with Crippen molar-refractivity contribution < 1.29 is 23.7 Å². The monoisotopic (exact) mass is 335 g/mol. The molecule has 0 saturated carbocycles. The Kier molecular flexibility index (Phi) is 5.96. The number of esters is 1. The Morgan fingerprint density at radius 3 is 2.50 bits per heavy atom. The summed E-state index contributed by atoms with van der Waals surface area (Å²) in [6, 6.07) is 8.91. The summed E-state index contributed by atoms with van der Waals surface area (Å²) in [5.41, 5.74) is 0.324. The molecule has 3 unspecified atom stereocenters. The molecule has 132 valence electrons. The molecule has 0 saturated heterocycles. The van der Waals surface area contributed by atoms with Crippen molar-refractivity contribution in [3.05, 3.63) is 35.9 Å². The van der Waals surface area contributed by atoms with Crippen LogP contribution in [0.1, 0.15) is 46.2 Å². The van der Waals surface area contributed by atoms with Crippen molar-refractivity contribution in [2.75, 3.05) is 6.61 Å². The highest BCUT2D eigenvalue weighted by Gasteiger charge is 2.40. The summed E-state index contributed by atoms with van der Waals surface area (Å²) in [5, 5.41) is 0. The molecule has 24 heavy (non-hydrogen) atoms. The summed E-state index contributed by atoms with van der Waals surface area (Å²) in [6.45, 7) is 9.67. The molecule has 0 radical (unpaired) electrons. The van der Waals surface area contributed by atoms with Crippen LogP contribution in [0.25, 0.3) is 0 Å². The standard InChI is InChI=1S/C18H25NO5/c1-6-21-12(2)22-15-14(13-10-8-7-9-11-13)19-17(23-16(15)20)24-18(3,4)5/h7-12,14-15H,6H2,1-5H3. The lowest BCUT2D eigenvalue weighted by Crippen LogP contribution is -2.42. The minimum atomic E-state index is -0.888. The first-order chi connectivity index (χ1) is 11.3. The molecule has 0 aliphatic carbocycles. The molecule has 0 aromatic heterocycles. The number of benzene rings is 1. The highest BCUT2D eigenvalue weighted by molar-refractivity contribution is 5.90. The topological polar surface area (TPSA) is 66.4 Å². The Hall–Kier alpha value is -1.92. The number of aliphatic imine (C=N–C) groups is 1. The third-order valence-electron chi connectivity index (χ3n) is 3.23. The number of rotatable bonds is 5. The Morgan fingerprint density at radius 1 is 1.25 bits per heavy atom. The van der Waals surface area contributed by atoms with E-state index in [0.717, 1.165) is 5.56 Å². The van der Waals surface area contributed by atoms with Crippen molar-refractivity contribution in [2.45, 2.75) is 58.7 Å². The number of carbonyl (C=O) groups is 1. The van der Waals surface area contributed by atoms with Crippen LogP contribution in [0.15, 0.2) is 35.3 Å². The van der Waals surface area contributed by atoms with Gasteiger partial charge in [0, 0.05) is 6.61 Å². The van der Waals surface area contributed by atoms with Crippen molar-refractivity contribution in [2.24, 2.45) is 4.99 Å². The van der Waals surface area contributed by atoms with E-state index in [1.165, 1.54) is 0 Å². The average Bonchev–Trinajstić information content (AvgIpc) is 2.49. The second-order valence-electron chi connectivity index (χ2n) is 6.47. The Morgan fingerprint density at radius 2 is 1.92 bits per heavy atom. The van der Waals surface area contributed by atoms with Crippen LogP contribution in [0.5, 0.6) is 0 Å². The van der Waals surface area contributed by atoms with Crippen molar-refractivity contribution in [3.8, 4) is 0 Å². The van der Waals surface area contributed by atoms with Gasteiger partial charge in [0.1, 0.15) is 11.6 Å². The molecule has 0 fully saturated rings. The molecule has 6 heteroatoms. The van der Waals surface area contributed by atoms with Gasteiger partial charge in [0.25, 0.3) is 0 Å². The maximum Gasteiger partial charge on any atom is 0.392 e. The van der Waals surface area contributed by atoms with Gasteiger partial charge in [-0.25, -0.2) is 9.79 Å². The van der Waals surface area contributed by atoms with Crippen LogP contribution in [-0.4, -0.2) is 36.7 Å². The van der Waals surface area contributed by atoms with Gasteiger partial charge in [0.15, 0.2) is 12.4 Å². The van der Waals surface area contributed by atoms with E-state index in [4.69, 9.17) is 18.9 Å². The summed E-state index contributed by atoms with van der Waals surface area (Å²) >= 11 is 0. The summed E-state index contributed by atoms with van der Waals surface area (Å²) in [4.78, 5) is 16.9. The van der Waals surface area contributed by atoms with E-state index >= 15 is 0 Å². The molecule has 0 spiro atoms. The molecule has 0 amide bonds. The van der Waals surface area contributed by atoms with E-state index in [0.29, 0.717) is 6.61 Å². The second kappa shape index (κ2) is 7.77. The zero-order chi connectivity index (χ0) is 17.7. The van der Waals surface area contributed by atoms with Gasteiger partial charge in [0.05, 0.1) is 0 Å². The molecule has 3 atom stereocenters. The number of carbonyl (C=O) groups excluding carboxylic acids is 1. The highest BCUT2D eigenvalue weighted by Crippen LogP contribution is 2.30. The zero-order valence-corrected chi connectivity index (χ0v) is 14.8. The maximum atomic E-state index is 12.5. The first-order valence-electron chi connectivity index (χ1n) is 8.10. The summed E-state index contributed by atoms with van der Waals surface area (Å²) in [6.07, 6.45) is -1.47. The van der Waals surface area contributed by atoms with Crippen molar-refractivity contribution >= 4 is 12.1 Å². The molecular formula is C18H25NO5. The van der Waals surface area contributed by atoms with E-state index in [2.05, 4.69) is 4.99 Å². The van der Waals surface area contributed by atoms with Gasteiger partial charge >= 0.3 is 12.1 Å². The minimum absolute atomic E-state index is 0.0368. The molecule has 0 bridgehead atoms.